The summed E-state index contributed by atoms with van der Waals surface area (Å²) in [5.41, 5.74) is 0.591. The first-order chi connectivity index (χ1) is 19.1. The molecule has 1 atom stereocenters. The number of ether oxygens (including phenoxy) is 1. The average Bonchev–Trinajstić information content (AvgIpc) is 2.93. The smallest absolute Gasteiger partial charge is 0.410 e. The molecule has 1 saturated heterocycles. The number of amides is 2. The van der Waals surface area contributed by atoms with Gasteiger partial charge in [-0.15, -0.1) is 0 Å². The summed E-state index contributed by atoms with van der Waals surface area (Å²) in [4.78, 5) is 40.1. The van der Waals surface area contributed by atoms with Crippen molar-refractivity contribution < 1.29 is 23.5 Å². The van der Waals surface area contributed by atoms with Crippen molar-refractivity contribution in [2.75, 3.05) is 13.1 Å². The van der Waals surface area contributed by atoms with Gasteiger partial charge in [0.2, 0.25) is 5.91 Å². The minimum Gasteiger partial charge on any atom is -0.444 e. The standard InChI is InChI=1S/C32H34FN3O4/c1-31(2,3)40-30(39)36-15-13-32(14-16-36,25-8-10-26(33)11-9-25)28(12-17-37)29(38)35-21-24-19-22(20-34)18-23-6-4-5-7-27(23)24/h4-11,17-19,28H,12-16,21H2,1-3H3,(H,35,38). The molecule has 2 amide bonds. The van der Waals surface area contributed by atoms with E-state index in [0.29, 0.717) is 31.5 Å². The van der Waals surface area contributed by atoms with Crippen molar-refractivity contribution in [2.24, 2.45) is 5.92 Å². The van der Waals surface area contributed by atoms with Crippen LogP contribution >= 0.6 is 0 Å². The number of nitrogens with one attached hydrogen (secondary N) is 1. The lowest BCUT2D eigenvalue weighted by molar-refractivity contribution is -0.130. The molecule has 7 nitrogen and oxygen atoms in total. The molecule has 1 unspecified atom stereocenters. The molecule has 40 heavy (non-hydrogen) atoms. The fraction of sp³-hybridized carbons (Fsp3) is 0.375. The van der Waals surface area contributed by atoms with Crippen LogP contribution in [0.1, 0.15) is 56.7 Å². The van der Waals surface area contributed by atoms with Gasteiger partial charge in [0.05, 0.1) is 17.6 Å². The van der Waals surface area contributed by atoms with E-state index in [1.807, 2.05) is 24.3 Å². The van der Waals surface area contributed by atoms with Gasteiger partial charge in [0, 0.05) is 31.5 Å². The van der Waals surface area contributed by atoms with Crippen LogP contribution in [0.5, 0.6) is 0 Å². The Morgan fingerprint density at radius 1 is 1.12 bits per heavy atom. The Kier molecular flexibility index (Phi) is 8.53. The summed E-state index contributed by atoms with van der Waals surface area (Å²) >= 11 is 0. The first kappa shape index (κ1) is 28.8. The molecule has 1 aliphatic rings. The van der Waals surface area contributed by atoms with Gasteiger partial charge in [-0.05, 0) is 79.8 Å². The number of piperidine rings is 1. The van der Waals surface area contributed by atoms with E-state index in [1.165, 1.54) is 12.1 Å². The zero-order chi connectivity index (χ0) is 28.9. The molecule has 208 valence electrons. The summed E-state index contributed by atoms with van der Waals surface area (Å²) in [5, 5.41) is 14.3. The van der Waals surface area contributed by atoms with Crippen LogP contribution in [0, 0.1) is 23.1 Å². The SMILES string of the molecule is CC(C)(C)OC(=O)N1CCC(c2ccc(F)cc2)(C(CC=O)C(=O)NCc2cc(C#N)cc3ccccc23)CC1. The normalized spacial score (nSPS) is 15.6. The van der Waals surface area contributed by atoms with E-state index in [0.717, 1.165) is 28.2 Å². The Balaban J connectivity index is 1.63. The van der Waals surface area contributed by atoms with Gasteiger partial charge in [-0.2, -0.15) is 5.26 Å². The summed E-state index contributed by atoms with van der Waals surface area (Å²) in [6.07, 6.45) is 1.07. The number of hydrogen-bond donors (Lipinski definition) is 1. The maximum atomic E-state index is 13.9. The number of carbonyl (C=O) groups excluding carboxylic acids is 3. The lowest BCUT2D eigenvalue weighted by Crippen LogP contribution is -2.53. The topological polar surface area (TPSA) is 99.5 Å². The van der Waals surface area contributed by atoms with E-state index in [1.54, 1.807) is 49.9 Å². The quantitative estimate of drug-likeness (QED) is 0.389. The highest BCUT2D eigenvalue weighted by Gasteiger charge is 2.47. The zero-order valence-electron chi connectivity index (χ0n) is 23.1. The Bertz CT molecular complexity index is 1430. The molecular weight excluding hydrogens is 509 g/mol. The molecule has 0 bridgehead atoms. The number of hydrogen-bond acceptors (Lipinski definition) is 5. The Morgan fingerprint density at radius 2 is 1.80 bits per heavy atom. The fourth-order valence-corrected chi connectivity index (χ4v) is 5.62. The minimum atomic E-state index is -0.798. The predicted octanol–water partition coefficient (Wildman–Crippen LogP) is 5.64. The molecule has 1 aliphatic heterocycles. The zero-order valence-corrected chi connectivity index (χ0v) is 23.1. The summed E-state index contributed by atoms with van der Waals surface area (Å²) in [6.45, 7) is 6.23. The number of rotatable bonds is 7. The van der Waals surface area contributed by atoms with Crippen LogP contribution in [0.15, 0.2) is 60.7 Å². The molecule has 0 aliphatic carbocycles. The molecule has 3 aromatic rings. The molecule has 1 N–H and O–H groups in total. The Morgan fingerprint density at radius 3 is 2.42 bits per heavy atom. The number of aldehydes is 1. The van der Waals surface area contributed by atoms with Crippen LogP contribution in [-0.4, -0.2) is 41.9 Å². The van der Waals surface area contributed by atoms with E-state index in [4.69, 9.17) is 4.74 Å². The van der Waals surface area contributed by atoms with Gasteiger partial charge in [-0.3, -0.25) is 4.79 Å². The van der Waals surface area contributed by atoms with E-state index in [2.05, 4.69) is 11.4 Å². The van der Waals surface area contributed by atoms with E-state index in [9.17, 15) is 24.0 Å². The first-order valence-electron chi connectivity index (χ1n) is 13.4. The van der Waals surface area contributed by atoms with Gasteiger partial charge in [0.25, 0.3) is 0 Å². The second-order valence-corrected chi connectivity index (χ2v) is 11.3. The molecular formula is C32H34FN3O4. The van der Waals surface area contributed by atoms with Crippen molar-refractivity contribution in [1.82, 2.24) is 10.2 Å². The number of fused-ring (bicyclic) bond motifs is 1. The van der Waals surface area contributed by atoms with Crippen molar-refractivity contribution in [1.29, 1.82) is 5.26 Å². The number of benzene rings is 3. The summed E-state index contributed by atoms with van der Waals surface area (Å²) in [5.74, 6) is -1.46. The monoisotopic (exact) mass is 543 g/mol. The van der Waals surface area contributed by atoms with Crippen molar-refractivity contribution in [3.63, 3.8) is 0 Å². The van der Waals surface area contributed by atoms with Crippen LogP contribution in [0.3, 0.4) is 0 Å². The van der Waals surface area contributed by atoms with Crippen LogP contribution < -0.4 is 5.32 Å². The van der Waals surface area contributed by atoms with Gasteiger partial charge < -0.3 is 19.7 Å². The summed E-state index contributed by atoms with van der Waals surface area (Å²) < 4.78 is 19.4. The molecule has 1 heterocycles. The average molecular weight is 544 g/mol. The molecule has 4 rings (SSSR count). The van der Waals surface area contributed by atoms with Gasteiger partial charge in [0.15, 0.2) is 0 Å². The van der Waals surface area contributed by atoms with E-state index in [-0.39, 0.29) is 18.9 Å². The summed E-state index contributed by atoms with van der Waals surface area (Å²) in [7, 11) is 0. The van der Waals surface area contributed by atoms with Crippen LogP contribution in [0.25, 0.3) is 10.8 Å². The van der Waals surface area contributed by atoms with E-state index < -0.39 is 28.8 Å². The highest BCUT2D eigenvalue weighted by molar-refractivity contribution is 5.88. The third-order valence-corrected chi connectivity index (χ3v) is 7.57. The second kappa shape index (κ2) is 11.9. The predicted molar refractivity (Wildman–Crippen MR) is 150 cm³/mol. The molecule has 3 aromatic carbocycles. The lowest BCUT2D eigenvalue weighted by atomic mass is 9.63. The Labute approximate surface area is 233 Å². The largest absolute Gasteiger partial charge is 0.444 e. The van der Waals surface area contributed by atoms with E-state index >= 15 is 0 Å². The van der Waals surface area contributed by atoms with Crippen molar-refractivity contribution >= 4 is 29.1 Å². The molecule has 0 saturated carbocycles. The Hall–Kier alpha value is -4.25. The van der Waals surface area contributed by atoms with Gasteiger partial charge in [0.1, 0.15) is 17.7 Å². The van der Waals surface area contributed by atoms with Gasteiger partial charge in [-0.25, -0.2) is 9.18 Å². The van der Waals surface area contributed by atoms with Crippen LogP contribution in [-0.2, 0) is 26.3 Å². The highest BCUT2D eigenvalue weighted by atomic mass is 19.1. The molecule has 1 fully saturated rings. The number of nitriles is 1. The third-order valence-electron chi connectivity index (χ3n) is 7.57. The van der Waals surface area contributed by atoms with Crippen LogP contribution in [0.2, 0.25) is 0 Å². The summed E-state index contributed by atoms with van der Waals surface area (Å²) in [6, 6.07) is 19.4. The molecule has 0 radical (unpaired) electrons. The number of halogens is 1. The minimum absolute atomic E-state index is 0.0331. The molecule has 0 spiro atoms. The molecule has 0 aromatic heterocycles. The van der Waals surface area contributed by atoms with Crippen molar-refractivity contribution in [2.45, 2.75) is 57.6 Å². The maximum Gasteiger partial charge on any atom is 0.410 e. The second-order valence-electron chi connectivity index (χ2n) is 11.3. The highest BCUT2D eigenvalue weighted by Crippen LogP contribution is 2.44. The van der Waals surface area contributed by atoms with Gasteiger partial charge >= 0.3 is 6.09 Å². The van der Waals surface area contributed by atoms with Crippen molar-refractivity contribution in [3.8, 4) is 6.07 Å². The van der Waals surface area contributed by atoms with Crippen LogP contribution in [0.4, 0.5) is 9.18 Å². The van der Waals surface area contributed by atoms with Crippen molar-refractivity contribution in [3.05, 3.63) is 83.2 Å². The number of carbonyl (C=O) groups is 3. The fourth-order valence-electron chi connectivity index (χ4n) is 5.62. The molecule has 8 heteroatoms. The third kappa shape index (κ3) is 6.31. The number of nitrogens with zero attached hydrogens (tertiary/aromatic N) is 2. The number of likely N-dealkylation sites (tertiary alicyclic amines) is 1. The first-order valence-corrected chi connectivity index (χ1v) is 13.4. The van der Waals surface area contributed by atoms with Gasteiger partial charge in [-0.1, -0.05) is 36.4 Å². The lowest BCUT2D eigenvalue weighted by Gasteiger charge is -2.46. The maximum absolute atomic E-state index is 13.9.